The molecule has 0 bridgehead atoms. The number of aryl methyl sites for hydroxylation is 1. The van der Waals surface area contributed by atoms with Gasteiger partial charge in [-0.2, -0.15) is 4.98 Å². The number of para-hydroxylation sites is 1. The van der Waals surface area contributed by atoms with Crippen LogP contribution in [0.1, 0.15) is 61.6 Å². The molecule has 6 nitrogen and oxygen atoms in total. The van der Waals surface area contributed by atoms with Crippen LogP contribution in [-0.2, 0) is 6.61 Å². The lowest BCUT2D eigenvalue weighted by Crippen LogP contribution is -2.32. The van der Waals surface area contributed by atoms with Crippen molar-refractivity contribution in [1.29, 1.82) is 0 Å². The number of amides is 1. The molecule has 1 unspecified atom stereocenters. The van der Waals surface area contributed by atoms with E-state index in [4.69, 9.17) is 9.26 Å². The molecule has 0 aliphatic rings. The number of nitrogens with one attached hydrogen (secondary N) is 1. The number of carbonyl (C=O) groups is 1. The summed E-state index contributed by atoms with van der Waals surface area (Å²) >= 11 is 0. The predicted molar refractivity (Wildman–Crippen MR) is 90.9 cm³/mol. The molecule has 0 aliphatic heterocycles. The fraction of sp³-hybridized carbons (Fsp3) is 0.500. The molecule has 130 valence electrons. The number of benzene rings is 1. The average Bonchev–Trinajstić information content (AvgIpc) is 2.99. The topological polar surface area (TPSA) is 77.2 Å². The Hall–Kier alpha value is -2.37. The highest BCUT2D eigenvalue weighted by Crippen LogP contribution is 2.19. The third-order valence-corrected chi connectivity index (χ3v) is 3.68. The van der Waals surface area contributed by atoms with E-state index in [9.17, 15) is 4.79 Å². The van der Waals surface area contributed by atoms with E-state index in [1.165, 1.54) is 12.8 Å². The Morgan fingerprint density at radius 2 is 2.12 bits per heavy atom. The van der Waals surface area contributed by atoms with E-state index in [1.54, 1.807) is 19.1 Å². The molecule has 0 saturated heterocycles. The standard InChI is InChI=1S/C18H25N3O3/c1-4-5-6-9-13(2)19-18(22)15-10-7-8-11-16(15)23-12-17-20-14(3)24-21-17/h7-8,10-11,13H,4-6,9,12H2,1-3H3,(H,19,22). The normalized spacial score (nSPS) is 12.0. The van der Waals surface area contributed by atoms with Gasteiger partial charge in [-0.1, -0.05) is 43.5 Å². The second-order valence-corrected chi connectivity index (χ2v) is 5.88. The minimum absolute atomic E-state index is 0.126. The molecule has 1 aromatic heterocycles. The van der Waals surface area contributed by atoms with E-state index in [1.807, 2.05) is 19.1 Å². The first-order chi connectivity index (χ1) is 11.6. The smallest absolute Gasteiger partial charge is 0.255 e. The average molecular weight is 331 g/mol. The molecule has 0 fully saturated rings. The van der Waals surface area contributed by atoms with Gasteiger partial charge in [0.25, 0.3) is 5.91 Å². The molecule has 1 amide bonds. The van der Waals surface area contributed by atoms with E-state index in [0.717, 1.165) is 12.8 Å². The Labute approximate surface area is 142 Å². The van der Waals surface area contributed by atoms with Crippen molar-refractivity contribution in [3.05, 3.63) is 41.5 Å². The molecule has 1 aromatic carbocycles. The van der Waals surface area contributed by atoms with Crippen LogP contribution in [0.2, 0.25) is 0 Å². The summed E-state index contributed by atoms with van der Waals surface area (Å²) in [7, 11) is 0. The van der Waals surface area contributed by atoms with Gasteiger partial charge in [0.05, 0.1) is 5.56 Å². The van der Waals surface area contributed by atoms with Crippen LogP contribution < -0.4 is 10.1 Å². The van der Waals surface area contributed by atoms with E-state index in [2.05, 4.69) is 22.4 Å². The molecular formula is C18H25N3O3. The van der Waals surface area contributed by atoms with Crippen LogP contribution >= 0.6 is 0 Å². The molecule has 2 rings (SSSR count). The fourth-order valence-electron chi connectivity index (χ4n) is 2.40. The van der Waals surface area contributed by atoms with E-state index in [0.29, 0.717) is 23.0 Å². The molecule has 6 heteroatoms. The van der Waals surface area contributed by atoms with Gasteiger partial charge in [0.1, 0.15) is 5.75 Å². The predicted octanol–water partition coefficient (Wildman–Crippen LogP) is 3.66. The van der Waals surface area contributed by atoms with Gasteiger partial charge < -0.3 is 14.6 Å². The zero-order chi connectivity index (χ0) is 17.4. The van der Waals surface area contributed by atoms with Crippen LogP contribution in [0.5, 0.6) is 5.75 Å². The van der Waals surface area contributed by atoms with Crippen molar-refractivity contribution in [2.45, 2.75) is 59.1 Å². The van der Waals surface area contributed by atoms with Crippen molar-refractivity contribution < 1.29 is 14.1 Å². The second-order valence-electron chi connectivity index (χ2n) is 5.88. The Morgan fingerprint density at radius 1 is 1.33 bits per heavy atom. The third-order valence-electron chi connectivity index (χ3n) is 3.68. The van der Waals surface area contributed by atoms with Crippen LogP contribution in [0.3, 0.4) is 0 Å². The maximum atomic E-state index is 12.5. The molecule has 1 heterocycles. The Kier molecular flexibility index (Phi) is 6.78. The SMILES string of the molecule is CCCCCC(C)NC(=O)c1ccccc1OCc1noc(C)n1. The van der Waals surface area contributed by atoms with Gasteiger partial charge in [0.2, 0.25) is 11.7 Å². The van der Waals surface area contributed by atoms with Crippen LogP contribution in [0.15, 0.2) is 28.8 Å². The summed E-state index contributed by atoms with van der Waals surface area (Å²) in [4.78, 5) is 16.6. The summed E-state index contributed by atoms with van der Waals surface area (Å²) in [5.41, 5.74) is 0.514. The summed E-state index contributed by atoms with van der Waals surface area (Å²) < 4.78 is 10.6. The van der Waals surface area contributed by atoms with Crippen molar-refractivity contribution >= 4 is 5.91 Å². The third kappa shape index (κ3) is 5.37. The molecule has 0 spiro atoms. The largest absolute Gasteiger partial charge is 0.485 e. The van der Waals surface area contributed by atoms with Crippen LogP contribution in [-0.4, -0.2) is 22.1 Å². The van der Waals surface area contributed by atoms with Gasteiger partial charge in [0.15, 0.2) is 6.61 Å². The van der Waals surface area contributed by atoms with Crippen LogP contribution in [0, 0.1) is 6.92 Å². The number of aromatic nitrogens is 2. The van der Waals surface area contributed by atoms with Gasteiger partial charge in [-0.25, -0.2) is 0 Å². The van der Waals surface area contributed by atoms with E-state index in [-0.39, 0.29) is 18.6 Å². The number of ether oxygens (including phenoxy) is 1. The maximum Gasteiger partial charge on any atom is 0.255 e. The first kappa shape index (κ1) is 18.0. The number of unbranched alkanes of at least 4 members (excludes halogenated alkanes) is 2. The monoisotopic (exact) mass is 331 g/mol. The molecule has 24 heavy (non-hydrogen) atoms. The van der Waals surface area contributed by atoms with Crippen molar-refractivity contribution in [3.63, 3.8) is 0 Å². The summed E-state index contributed by atoms with van der Waals surface area (Å²) in [6, 6.07) is 7.31. The Balaban J connectivity index is 1.95. The Bertz CT molecular complexity index is 654. The van der Waals surface area contributed by atoms with Gasteiger partial charge in [-0.15, -0.1) is 0 Å². The summed E-state index contributed by atoms with van der Waals surface area (Å²) in [5, 5.41) is 6.81. The highest BCUT2D eigenvalue weighted by Gasteiger charge is 2.15. The number of rotatable bonds is 9. The van der Waals surface area contributed by atoms with Crippen molar-refractivity contribution in [1.82, 2.24) is 15.5 Å². The highest BCUT2D eigenvalue weighted by atomic mass is 16.5. The van der Waals surface area contributed by atoms with E-state index >= 15 is 0 Å². The molecule has 0 radical (unpaired) electrons. The van der Waals surface area contributed by atoms with Crippen molar-refractivity contribution in [2.24, 2.45) is 0 Å². The van der Waals surface area contributed by atoms with Crippen LogP contribution in [0.25, 0.3) is 0 Å². The van der Waals surface area contributed by atoms with E-state index < -0.39 is 0 Å². The van der Waals surface area contributed by atoms with Crippen LogP contribution in [0.4, 0.5) is 0 Å². The van der Waals surface area contributed by atoms with Gasteiger partial charge >= 0.3 is 0 Å². The minimum Gasteiger partial charge on any atom is -0.485 e. The number of nitrogens with zero attached hydrogens (tertiary/aromatic N) is 2. The lowest BCUT2D eigenvalue weighted by molar-refractivity contribution is 0.0933. The van der Waals surface area contributed by atoms with Crippen molar-refractivity contribution in [2.75, 3.05) is 0 Å². The molecule has 0 aliphatic carbocycles. The number of hydrogen-bond acceptors (Lipinski definition) is 5. The molecule has 1 N–H and O–H groups in total. The molecular weight excluding hydrogens is 306 g/mol. The van der Waals surface area contributed by atoms with Crippen molar-refractivity contribution in [3.8, 4) is 5.75 Å². The lowest BCUT2D eigenvalue weighted by Gasteiger charge is -2.15. The maximum absolute atomic E-state index is 12.5. The zero-order valence-corrected chi connectivity index (χ0v) is 14.5. The number of carbonyl (C=O) groups excluding carboxylic acids is 1. The first-order valence-corrected chi connectivity index (χ1v) is 8.42. The Morgan fingerprint density at radius 3 is 2.83 bits per heavy atom. The fourth-order valence-corrected chi connectivity index (χ4v) is 2.40. The number of hydrogen-bond donors (Lipinski definition) is 1. The lowest BCUT2D eigenvalue weighted by atomic mass is 10.1. The zero-order valence-electron chi connectivity index (χ0n) is 14.5. The first-order valence-electron chi connectivity index (χ1n) is 8.42. The second kappa shape index (κ2) is 9.05. The van der Waals surface area contributed by atoms with Gasteiger partial charge in [-0.3, -0.25) is 4.79 Å². The van der Waals surface area contributed by atoms with Gasteiger partial charge in [-0.05, 0) is 25.5 Å². The summed E-state index contributed by atoms with van der Waals surface area (Å²) in [6.45, 7) is 6.08. The quantitative estimate of drug-likeness (QED) is 0.710. The molecule has 0 saturated carbocycles. The minimum atomic E-state index is -0.126. The van der Waals surface area contributed by atoms with Gasteiger partial charge in [0, 0.05) is 13.0 Å². The summed E-state index contributed by atoms with van der Waals surface area (Å²) in [5.74, 6) is 1.33. The molecule has 1 atom stereocenters. The summed E-state index contributed by atoms with van der Waals surface area (Å²) in [6.07, 6.45) is 4.45. The highest BCUT2D eigenvalue weighted by molar-refractivity contribution is 5.97. The molecule has 2 aromatic rings.